The lowest BCUT2D eigenvalue weighted by Gasteiger charge is -2.36. The van der Waals surface area contributed by atoms with Gasteiger partial charge in [-0.25, -0.2) is 4.68 Å². The first-order valence-corrected chi connectivity index (χ1v) is 15.3. The summed E-state index contributed by atoms with van der Waals surface area (Å²) in [6.07, 6.45) is 2.96. The van der Waals surface area contributed by atoms with Crippen LogP contribution in [0.1, 0.15) is 51.4 Å². The van der Waals surface area contributed by atoms with Crippen LogP contribution in [0.4, 0.5) is 0 Å². The normalized spacial score (nSPS) is 18.2. The number of amides is 1. The van der Waals surface area contributed by atoms with E-state index in [4.69, 9.17) is 9.47 Å². The molecule has 2 aromatic heterocycles. The Labute approximate surface area is 259 Å². The fraction of sp³-hybridized carbons (Fsp3) is 0.242. The molecule has 0 spiro atoms. The van der Waals surface area contributed by atoms with Crippen molar-refractivity contribution >= 4 is 17.7 Å². The van der Waals surface area contributed by atoms with Crippen LogP contribution in [-0.4, -0.2) is 48.1 Å². The van der Waals surface area contributed by atoms with Crippen LogP contribution in [0.5, 0.6) is 0 Å². The molecule has 2 N–H and O–H groups in total. The molecule has 1 fully saturated rings. The van der Waals surface area contributed by atoms with Crippen molar-refractivity contribution in [1.29, 1.82) is 0 Å². The van der Waals surface area contributed by atoms with Crippen molar-refractivity contribution in [2.24, 2.45) is 7.05 Å². The number of hydrogen-bond acceptors (Lipinski definition) is 9. The molecule has 0 aliphatic carbocycles. The first-order chi connectivity index (χ1) is 21.6. The number of tetrazole rings is 1. The molecule has 224 valence electrons. The van der Waals surface area contributed by atoms with Gasteiger partial charge < -0.3 is 19.9 Å². The molecule has 3 aromatic carbocycles. The molecule has 0 saturated carbocycles. The Kier molecular flexibility index (Phi) is 9.37. The summed E-state index contributed by atoms with van der Waals surface area (Å²) in [5.41, 5.74) is 6.33. The lowest BCUT2D eigenvalue weighted by atomic mass is 9.99. The lowest BCUT2D eigenvalue weighted by Crippen LogP contribution is -2.31. The molecule has 11 heteroatoms. The fourth-order valence-corrected chi connectivity index (χ4v) is 5.91. The number of carbonyl (C=O) groups is 1. The van der Waals surface area contributed by atoms with Gasteiger partial charge in [0.1, 0.15) is 0 Å². The Morgan fingerprint density at radius 1 is 0.977 bits per heavy atom. The number of nitrogens with zero attached hydrogens (tertiary/aromatic N) is 5. The van der Waals surface area contributed by atoms with Gasteiger partial charge in [0.25, 0.3) is 5.91 Å². The molecule has 0 radical (unpaired) electrons. The van der Waals surface area contributed by atoms with Crippen molar-refractivity contribution in [2.45, 2.75) is 43.2 Å². The van der Waals surface area contributed by atoms with Crippen molar-refractivity contribution in [2.75, 3.05) is 5.75 Å². The van der Waals surface area contributed by atoms with E-state index in [9.17, 15) is 9.90 Å². The van der Waals surface area contributed by atoms with Crippen molar-refractivity contribution in [3.05, 3.63) is 125 Å². The van der Waals surface area contributed by atoms with Crippen LogP contribution >= 0.6 is 11.8 Å². The van der Waals surface area contributed by atoms with Gasteiger partial charge in [0.05, 0.1) is 24.4 Å². The zero-order valence-electron chi connectivity index (χ0n) is 24.1. The van der Waals surface area contributed by atoms with Crippen molar-refractivity contribution in [3.63, 3.8) is 0 Å². The van der Waals surface area contributed by atoms with Crippen LogP contribution < -0.4 is 5.32 Å². The number of aromatic nitrogens is 5. The Bertz CT molecular complexity index is 1700. The maximum atomic E-state index is 12.5. The number of carbonyl (C=O) groups excluding carboxylic acids is 1. The number of thioether (sulfide) groups is 1. The smallest absolute Gasteiger partial charge is 0.253 e. The van der Waals surface area contributed by atoms with Crippen LogP contribution in [-0.2, 0) is 29.7 Å². The van der Waals surface area contributed by atoms with E-state index < -0.39 is 6.29 Å². The molecule has 0 unspecified atom stereocenters. The zero-order chi connectivity index (χ0) is 30.3. The Hall–Kier alpha value is -4.42. The van der Waals surface area contributed by atoms with Crippen molar-refractivity contribution < 1.29 is 19.4 Å². The Morgan fingerprint density at radius 2 is 1.80 bits per heavy atom. The fourth-order valence-electron chi connectivity index (χ4n) is 5.04. The summed E-state index contributed by atoms with van der Waals surface area (Å²) >= 11 is 1.55. The number of aliphatic hydroxyl groups excluding tert-OH is 1. The Morgan fingerprint density at radius 3 is 2.55 bits per heavy atom. The first kappa shape index (κ1) is 29.6. The van der Waals surface area contributed by atoms with E-state index in [1.165, 1.54) is 0 Å². The highest BCUT2D eigenvalue weighted by Gasteiger charge is 2.32. The molecule has 44 heavy (non-hydrogen) atoms. The number of hydrogen-bond donors (Lipinski definition) is 2. The second-order valence-electron chi connectivity index (χ2n) is 10.5. The highest BCUT2D eigenvalue weighted by atomic mass is 32.2. The van der Waals surface area contributed by atoms with Gasteiger partial charge in [-0.2, -0.15) is 0 Å². The molecular weight excluding hydrogens is 576 g/mol. The van der Waals surface area contributed by atoms with Gasteiger partial charge in [-0.3, -0.25) is 9.78 Å². The van der Waals surface area contributed by atoms with Gasteiger partial charge in [-0.1, -0.05) is 72.4 Å². The third-order valence-corrected chi connectivity index (χ3v) is 8.53. The van der Waals surface area contributed by atoms with Crippen LogP contribution in [0.3, 0.4) is 0 Å². The van der Waals surface area contributed by atoms with Gasteiger partial charge >= 0.3 is 0 Å². The maximum absolute atomic E-state index is 12.5. The first-order valence-electron chi connectivity index (χ1n) is 14.3. The molecule has 1 aliphatic rings. The van der Waals surface area contributed by atoms with Gasteiger partial charge in [0.15, 0.2) is 6.29 Å². The number of pyridine rings is 1. The van der Waals surface area contributed by atoms with Gasteiger partial charge in [0, 0.05) is 43.7 Å². The molecule has 3 heterocycles. The summed E-state index contributed by atoms with van der Waals surface area (Å²) < 4.78 is 14.7. The van der Waals surface area contributed by atoms with E-state index in [1.807, 2.05) is 61.6 Å². The van der Waals surface area contributed by atoms with E-state index in [-0.39, 0.29) is 24.7 Å². The minimum atomic E-state index is -0.587. The summed E-state index contributed by atoms with van der Waals surface area (Å²) in [6.45, 7) is 0.390. The SMILES string of the molecule is Cn1nnnc1SC[C@@H]1C[C@H](c2ccc(CO)cc2)O[C@H](c2cccc(-c3cccc(CNC(=O)c4cccnc4)c3)c2)O1. The molecule has 0 bridgehead atoms. The third kappa shape index (κ3) is 7.20. The number of aryl methyl sites for hydroxylation is 1. The average Bonchev–Trinajstić information content (AvgIpc) is 3.51. The quantitative estimate of drug-likeness (QED) is 0.210. The average molecular weight is 609 g/mol. The van der Waals surface area contributed by atoms with E-state index in [1.54, 1.807) is 41.0 Å². The van der Waals surface area contributed by atoms with Gasteiger partial charge in [0.2, 0.25) is 5.16 Å². The largest absolute Gasteiger partial charge is 0.392 e. The van der Waals surface area contributed by atoms with E-state index >= 15 is 0 Å². The number of rotatable bonds is 10. The second kappa shape index (κ2) is 13.9. The lowest BCUT2D eigenvalue weighted by molar-refractivity contribution is -0.245. The summed E-state index contributed by atoms with van der Waals surface area (Å²) in [4.78, 5) is 16.5. The predicted molar refractivity (Wildman–Crippen MR) is 165 cm³/mol. The maximum Gasteiger partial charge on any atom is 0.253 e. The summed E-state index contributed by atoms with van der Waals surface area (Å²) in [5, 5.41) is 24.9. The van der Waals surface area contributed by atoms with Crippen LogP contribution in [0.15, 0.2) is 102 Å². The van der Waals surface area contributed by atoms with E-state index in [0.717, 1.165) is 38.5 Å². The molecule has 10 nitrogen and oxygen atoms in total. The van der Waals surface area contributed by atoms with Gasteiger partial charge in [-0.05, 0) is 62.5 Å². The molecule has 1 aliphatic heterocycles. The Balaban J connectivity index is 1.20. The molecule has 1 amide bonds. The topological polar surface area (TPSA) is 124 Å². The summed E-state index contributed by atoms with van der Waals surface area (Å²) in [7, 11) is 1.82. The minimum absolute atomic E-state index is 0.00654. The number of benzene rings is 3. The number of aliphatic hydroxyl groups is 1. The highest BCUT2D eigenvalue weighted by Crippen LogP contribution is 2.40. The molecule has 5 aromatic rings. The molecule has 3 atom stereocenters. The monoisotopic (exact) mass is 608 g/mol. The predicted octanol–water partition coefficient (Wildman–Crippen LogP) is 5.03. The van der Waals surface area contributed by atoms with Crippen LogP contribution in [0, 0.1) is 0 Å². The van der Waals surface area contributed by atoms with Crippen LogP contribution in [0.2, 0.25) is 0 Å². The van der Waals surface area contributed by atoms with E-state index in [2.05, 4.69) is 44.0 Å². The van der Waals surface area contributed by atoms with Crippen molar-refractivity contribution in [3.8, 4) is 11.1 Å². The number of nitrogens with one attached hydrogen (secondary N) is 1. The second-order valence-corrected chi connectivity index (χ2v) is 11.5. The summed E-state index contributed by atoms with van der Waals surface area (Å²) in [5.74, 6) is 0.493. The molecular formula is C33H32N6O4S. The van der Waals surface area contributed by atoms with Crippen molar-refractivity contribution in [1.82, 2.24) is 30.5 Å². The molecule has 1 saturated heterocycles. The number of ether oxygens (including phenoxy) is 2. The highest BCUT2D eigenvalue weighted by molar-refractivity contribution is 7.99. The van der Waals surface area contributed by atoms with Gasteiger partial charge in [-0.15, -0.1) is 5.10 Å². The third-order valence-electron chi connectivity index (χ3n) is 7.39. The minimum Gasteiger partial charge on any atom is -0.392 e. The molecule has 6 rings (SSSR count). The van der Waals surface area contributed by atoms with E-state index in [0.29, 0.717) is 24.3 Å². The zero-order valence-corrected chi connectivity index (χ0v) is 24.9. The van der Waals surface area contributed by atoms with Crippen LogP contribution in [0.25, 0.3) is 11.1 Å². The standard InChI is InChI=1S/C33H32N6O4S/c1-39-33(36-37-38-39)44-21-29-17-30(24-12-10-22(20-40)11-13-24)43-32(42-29)27-8-3-7-26(16-27)25-6-2-5-23(15-25)18-35-31(41)28-9-4-14-34-19-28/h2-16,19,29-30,32,40H,17-18,20-21H2,1H3,(H,35,41)/t29-,30+,32+/m0/s1. The summed E-state index contributed by atoms with van der Waals surface area (Å²) in [6, 6.07) is 27.6.